The molecule has 4 rings (SSSR count). The van der Waals surface area contributed by atoms with Crippen molar-refractivity contribution in [2.24, 2.45) is 5.92 Å². The Labute approximate surface area is 157 Å². The summed E-state index contributed by atoms with van der Waals surface area (Å²) in [5, 5.41) is 17.4. The standard InChI is InChI=1S/C19H24N4O4/c24-18(22-20-11-15-6-7-26-15)13-8-14(9-13)21-19(25)17-10-16(23-27-17)12-4-2-1-3-5-12/h1-5,10,13-15,19-21,25H,6-9,11H2,(H,22,24)/t13-,14-,15?,19?. The van der Waals surface area contributed by atoms with Gasteiger partial charge in [0.15, 0.2) is 12.0 Å². The molecule has 1 aromatic carbocycles. The van der Waals surface area contributed by atoms with Crippen LogP contribution < -0.4 is 16.2 Å². The summed E-state index contributed by atoms with van der Waals surface area (Å²) in [6, 6.07) is 11.4. The summed E-state index contributed by atoms with van der Waals surface area (Å²) < 4.78 is 10.5. The van der Waals surface area contributed by atoms with E-state index in [2.05, 4.69) is 21.3 Å². The van der Waals surface area contributed by atoms with Crippen LogP contribution >= 0.6 is 0 Å². The first-order valence-corrected chi connectivity index (χ1v) is 9.29. The Balaban J connectivity index is 1.19. The molecule has 4 N–H and O–H groups in total. The van der Waals surface area contributed by atoms with Crippen molar-refractivity contribution in [3.05, 3.63) is 42.2 Å². The van der Waals surface area contributed by atoms with Crippen molar-refractivity contribution in [1.82, 2.24) is 21.3 Å². The van der Waals surface area contributed by atoms with Gasteiger partial charge in [-0.3, -0.25) is 15.5 Å². The summed E-state index contributed by atoms with van der Waals surface area (Å²) in [7, 11) is 0. The summed E-state index contributed by atoms with van der Waals surface area (Å²) in [5.74, 6) is 0.288. The number of aromatic nitrogens is 1. The molecule has 0 radical (unpaired) electrons. The predicted molar refractivity (Wildman–Crippen MR) is 97.0 cm³/mol. The molecule has 1 saturated heterocycles. The van der Waals surface area contributed by atoms with Crippen LogP contribution in [0.15, 0.2) is 40.9 Å². The Morgan fingerprint density at radius 3 is 2.78 bits per heavy atom. The number of nitrogens with zero attached hydrogens (tertiary/aromatic N) is 1. The lowest BCUT2D eigenvalue weighted by molar-refractivity contribution is -0.130. The molecule has 27 heavy (non-hydrogen) atoms. The van der Waals surface area contributed by atoms with Gasteiger partial charge < -0.3 is 14.4 Å². The quantitative estimate of drug-likeness (QED) is 0.406. The van der Waals surface area contributed by atoms with Crippen LogP contribution in [0.25, 0.3) is 11.3 Å². The van der Waals surface area contributed by atoms with Gasteiger partial charge in [-0.1, -0.05) is 35.5 Å². The highest BCUT2D eigenvalue weighted by molar-refractivity contribution is 5.79. The number of carbonyl (C=O) groups excluding carboxylic acids is 1. The minimum atomic E-state index is -0.946. The minimum absolute atomic E-state index is 0.0205. The molecule has 2 fully saturated rings. The van der Waals surface area contributed by atoms with E-state index in [1.54, 1.807) is 6.07 Å². The van der Waals surface area contributed by atoms with E-state index in [9.17, 15) is 9.90 Å². The topological polar surface area (TPSA) is 109 Å². The average molecular weight is 372 g/mol. The van der Waals surface area contributed by atoms with Crippen molar-refractivity contribution >= 4 is 5.91 Å². The number of aliphatic hydroxyl groups excluding tert-OH is 1. The molecule has 0 bridgehead atoms. The highest BCUT2D eigenvalue weighted by Gasteiger charge is 2.36. The first kappa shape index (κ1) is 18.1. The Morgan fingerprint density at radius 1 is 1.30 bits per heavy atom. The second-order valence-corrected chi connectivity index (χ2v) is 7.07. The molecule has 2 heterocycles. The van der Waals surface area contributed by atoms with Crippen LogP contribution in [0.3, 0.4) is 0 Å². The zero-order valence-electron chi connectivity index (χ0n) is 14.9. The summed E-state index contributed by atoms with van der Waals surface area (Å²) >= 11 is 0. The van der Waals surface area contributed by atoms with E-state index in [0.717, 1.165) is 18.6 Å². The van der Waals surface area contributed by atoms with Crippen LogP contribution in [0.2, 0.25) is 0 Å². The molecule has 144 valence electrons. The van der Waals surface area contributed by atoms with Crippen molar-refractivity contribution in [2.75, 3.05) is 13.2 Å². The van der Waals surface area contributed by atoms with Gasteiger partial charge >= 0.3 is 0 Å². The van der Waals surface area contributed by atoms with E-state index in [0.29, 0.717) is 30.8 Å². The van der Waals surface area contributed by atoms with Gasteiger partial charge in [-0.25, -0.2) is 5.43 Å². The predicted octanol–water partition coefficient (Wildman–Crippen LogP) is 1.11. The van der Waals surface area contributed by atoms with Gasteiger partial charge in [-0.05, 0) is 19.3 Å². The lowest BCUT2D eigenvalue weighted by atomic mass is 9.79. The van der Waals surface area contributed by atoms with Gasteiger partial charge in [0, 0.05) is 36.7 Å². The molecule has 1 aromatic heterocycles. The second kappa shape index (κ2) is 8.18. The molecule has 1 amide bonds. The van der Waals surface area contributed by atoms with E-state index in [-0.39, 0.29) is 24.0 Å². The van der Waals surface area contributed by atoms with Crippen molar-refractivity contribution in [1.29, 1.82) is 0 Å². The molecular weight excluding hydrogens is 348 g/mol. The minimum Gasteiger partial charge on any atom is -0.377 e. The van der Waals surface area contributed by atoms with Crippen LogP contribution in [0, 0.1) is 5.92 Å². The Morgan fingerprint density at radius 2 is 2.07 bits per heavy atom. The number of hydrogen-bond acceptors (Lipinski definition) is 7. The molecular formula is C19H24N4O4. The fraction of sp³-hybridized carbons (Fsp3) is 0.474. The number of ether oxygens (including phenoxy) is 1. The third-order valence-electron chi connectivity index (χ3n) is 5.10. The number of rotatable bonds is 8. The summed E-state index contributed by atoms with van der Waals surface area (Å²) in [6.45, 7) is 1.44. The van der Waals surface area contributed by atoms with Crippen LogP contribution in [-0.4, -0.2) is 41.5 Å². The average Bonchev–Trinajstić information content (AvgIpc) is 3.10. The normalized spacial score (nSPS) is 25.3. The molecule has 1 saturated carbocycles. The molecule has 0 spiro atoms. The number of nitrogens with one attached hydrogen (secondary N) is 3. The van der Waals surface area contributed by atoms with E-state index >= 15 is 0 Å². The zero-order valence-corrected chi connectivity index (χ0v) is 14.9. The maximum absolute atomic E-state index is 12.0. The number of aliphatic hydroxyl groups is 1. The largest absolute Gasteiger partial charge is 0.377 e. The van der Waals surface area contributed by atoms with Gasteiger partial charge in [0.25, 0.3) is 0 Å². The summed E-state index contributed by atoms with van der Waals surface area (Å²) in [4.78, 5) is 12.0. The van der Waals surface area contributed by atoms with Crippen LogP contribution in [0.4, 0.5) is 0 Å². The van der Waals surface area contributed by atoms with E-state index in [1.807, 2.05) is 30.3 Å². The van der Waals surface area contributed by atoms with E-state index in [4.69, 9.17) is 9.26 Å². The highest BCUT2D eigenvalue weighted by Crippen LogP contribution is 2.30. The molecule has 2 aromatic rings. The Bertz CT molecular complexity index is 756. The van der Waals surface area contributed by atoms with Crippen molar-refractivity contribution in [2.45, 2.75) is 37.6 Å². The smallest absolute Gasteiger partial charge is 0.237 e. The van der Waals surface area contributed by atoms with Crippen LogP contribution in [0.1, 0.15) is 31.3 Å². The Hall–Kier alpha value is -2.26. The molecule has 8 heteroatoms. The van der Waals surface area contributed by atoms with E-state index in [1.165, 1.54) is 0 Å². The number of hydrogen-bond donors (Lipinski definition) is 4. The van der Waals surface area contributed by atoms with Gasteiger partial charge in [-0.15, -0.1) is 0 Å². The van der Waals surface area contributed by atoms with E-state index < -0.39 is 6.23 Å². The first-order valence-electron chi connectivity index (χ1n) is 9.29. The molecule has 1 aliphatic carbocycles. The number of benzene rings is 1. The summed E-state index contributed by atoms with van der Waals surface area (Å²) in [6.07, 6.45) is 1.63. The molecule has 2 unspecified atom stereocenters. The van der Waals surface area contributed by atoms with Gasteiger partial charge in [0.2, 0.25) is 5.91 Å². The zero-order chi connectivity index (χ0) is 18.6. The molecule has 2 aliphatic rings. The number of amides is 1. The molecule has 2 atom stereocenters. The van der Waals surface area contributed by atoms with Crippen molar-refractivity contribution < 1.29 is 19.2 Å². The third-order valence-corrected chi connectivity index (χ3v) is 5.10. The third kappa shape index (κ3) is 4.36. The Kier molecular flexibility index (Phi) is 5.49. The first-order chi connectivity index (χ1) is 13.2. The molecule has 8 nitrogen and oxygen atoms in total. The number of carbonyl (C=O) groups is 1. The van der Waals surface area contributed by atoms with Crippen LogP contribution in [0.5, 0.6) is 0 Å². The van der Waals surface area contributed by atoms with Gasteiger partial charge in [0.05, 0.1) is 6.10 Å². The maximum Gasteiger partial charge on any atom is 0.237 e. The van der Waals surface area contributed by atoms with Gasteiger partial charge in [0.1, 0.15) is 5.69 Å². The monoisotopic (exact) mass is 372 g/mol. The lowest BCUT2D eigenvalue weighted by Crippen LogP contribution is -2.52. The summed E-state index contributed by atoms with van der Waals surface area (Å²) in [5.41, 5.74) is 7.25. The van der Waals surface area contributed by atoms with Crippen molar-refractivity contribution in [3.63, 3.8) is 0 Å². The lowest BCUT2D eigenvalue weighted by Gasteiger charge is -2.36. The highest BCUT2D eigenvalue weighted by atomic mass is 16.5. The molecule has 1 aliphatic heterocycles. The van der Waals surface area contributed by atoms with Crippen LogP contribution in [-0.2, 0) is 9.53 Å². The maximum atomic E-state index is 12.0. The van der Waals surface area contributed by atoms with Gasteiger partial charge in [-0.2, -0.15) is 0 Å². The fourth-order valence-corrected chi connectivity index (χ4v) is 3.24. The number of hydrazine groups is 1. The van der Waals surface area contributed by atoms with Crippen molar-refractivity contribution in [3.8, 4) is 11.3 Å². The fourth-order valence-electron chi connectivity index (χ4n) is 3.24. The SMILES string of the molecule is O=C(NNCC1CCO1)[C@H]1C[C@H](NC(O)c2cc(-c3ccccc3)no2)C1. The second-order valence-electron chi connectivity index (χ2n) is 7.07.